The van der Waals surface area contributed by atoms with Gasteiger partial charge in [-0.25, -0.2) is 0 Å². The summed E-state index contributed by atoms with van der Waals surface area (Å²) in [4.78, 5) is 2.44. The molecule has 0 aliphatic carbocycles. The molecular formula is C15H23ClN2O. The molecule has 3 nitrogen and oxygen atoms in total. The molecule has 1 aromatic rings. The first-order valence-electron chi connectivity index (χ1n) is 7.03. The third-order valence-corrected chi connectivity index (χ3v) is 4.26. The van der Waals surface area contributed by atoms with E-state index in [0.717, 1.165) is 24.3 Å². The molecule has 1 atom stereocenters. The summed E-state index contributed by atoms with van der Waals surface area (Å²) < 4.78 is 5.87. The monoisotopic (exact) mass is 282 g/mol. The molecule has 1 aliphatic heterocycles. The van der Waals surface area contributed by atoms with Crippen LogP contribution in [0, 0.1) is 0 Å². The van der Waals surface area contributed by atoms with Gasteiger partial charge in [-0.3, -0.25) is 0 Å². The predicted octanol–water partition coefficient (Wildman–Crippen LogP) is 3.05. The van der Waals surface area contributed by atoms with E-state index in [9.17, 15) is 0 Å². The fourth-order valence-corrected chi connectivity index (χ4v) is 2.93. The predicted molar refractivity (Wildman–Crippen MR) is 79.7 cm³/mol. The number of hydrogen-bond donors (Lipinski definition) is 1. The molecule has 2 N–H and O–H groups in total. The summed E-state index contributed by atoms with van der Waals surface area (Å²) in [6.45, 7) is 2.34. The number of piperidine rings is 1. The first-order chi connectivity index (χ1) is 9.22. The maximum atomic E-state index is 6.11. The summed E-state index contributed by atoms with van der Waals surface area (Å²) in [5, 5.41) is 0.690. The van der Waals surface area contributed by atoms with E-state index in [1.165, 1.54) is 25.8 Å². The van der Waals surface area contributed by atoms with Crippen molar-refractivity contribution >= 4 is 11.6 Å². The van der Waals surface area contributed by atoms with E-state index < -0.39 is 0 Å². The van der Waals surface area contributed by atoms with Gasteiger partial charge in [0.25, 0.3) is 0 Å². The average Bonchev–Trinajstić information content (AvgIpc) is 2.41. The third-order valence-electron chi connectivity index (χ3n) is 3.91. The van der Waals surface area contributed by atoms with E-state index in [1.807, 2.05) is 18.2 Å². The van der Waals surface area contributed by atoms with Crippen molar-refractivity contribution in [3.63, 3.8) is 0 Å². The number of benzene rings is 1. The van der Waals surface area contributed by atoms with Gasteiger partial charge in [0.15, 0.2) is 0 Å². The van der Waals surface area contributed by atoms with E-state index >= 15 is 0 Å². The summed E-state index contributed by atoms with van der Waals surface area (Å²) in [6.07, 6.45) is 4.99. The zero-order valence-corrected chi connectivity index (χ0v) is 12.3. The molecule has 0 radical (unpaired) electrons. The van der Waals surface area contributed by atoms with E-state index in [-0.39, 0.29) is 0 Å². The number of ether oxygens (including phenoxy) is 1. The lowest BCUT2D eigenvalue weighted by Crippen LogP contribution is -2.37. The largest absolute Gasteiger partial charge is 0.493 e. The normalized spacial score (nSPS) is 20.5. The average molecular weight is 283 g/mol. The highest BCUT2D eigenvalue weighted by Gasteiger charge is 2.18. The minimum Gasteiger partial charge on any atom is -0.493 e. The first-order valence-corrected chi connectivity index (χ1v) is 7.40. The molecule has 1 fully saturated rings. The van der Waals surface area contributed by atoms with Gasteiger partial charge >= 0.3 is 0 Å². The van der Waals surface area contributed by atoms with Gasteiger partial charge in [-0.1, -0.05) is 24.1 Å². The molecule has 1 unspecified atom stereocenters. The minimum absolute atomic E-state index is 0.415. The number of rotatable bonds is 5. The smallest absolute Gasteiger partial charge is 0.125 e. The molecule has 0 spiro atoms. The summed E-state index contributed by atoms with van der Waals surface area (Å²) in [7, 11) is 2.20. The van der Waals surface area contributed by atoms with Crippen molar-refractivity contribution in [1.29, 1.82) is 0 Å². The Morgan fingerprint density at radius 3 is 3.00 bits per heavy atom. The van der Waals surface area contributed by atoms with E-state index in [2.05, 4.69) is 11.9 Å². The molecule has 4 heteroatoms. The van der Waals surface area contributed by atoms with Crippen molar-refractivity contribution < 1.29 is 4.74 Å². The number of hydrogen-bond acceptors (Lipinski definition) is 3. The van der Waals surface area contributed by atoms with Gasteiger partial charge in [0.05, 0.1) is 6.61 Å². The Labute approximate surface area is 120 Å². The van der Waals surface area contributed by atoms with Crippen LogP contribution in [0.5, 0.6) is 5.75 Å². The number of nitrogens with two attached hydrogens (primary N) is 1. The van der Waals surface area contributed by atoms with Crippen LogP contribution in [0.25, 0.3) is 0 Å². The van der Waals surface area contributed by atoms with E-state index in [0.29, 0.717) is 17.6 Å². The Hall–Kier alpha value is -0.770. The number of halogens is 1. The highest BCUT2D eigenvalue weighted by molar-refractivity contribution is 6.31. The summed E-state index contributed by atoms with van der Waals surface area (Å²) in [6, 6.07) is 6.35. The number of nitrogens with zero attached hydrogens (tertiary/aromatic N) is 1. The van der Waals surface area contributed by atoms with Crippen LogP contribution in [0.4, 0.5) is 0 Å². The molecule has 1 saturated heterocycles. The molecule has 0 aromatic heterocycles. The van der Waals surface area contributed by atoms with Gasteiger partial charge < -0.3 is 15.4 Å². The molecule has 0 saturated carbocycles. The van der Waals surface area contributed by atoms with Crippen LogP contribution in [0.15, 0.2) is 18.2 Å². The highest BCUT2D eigenvalue weighted by atomic mass is 35.5. The van der Waals surface area contributed by atoms with Crippen molar-refractivity contribution in [1.82, 2.24) is 4.90 Å². The second-order valence-corrected chi connectivity index (χ2v) is 5.60. The summed E-state index contributed by atoms with van der Waals surface area (Å²) in [5.41, 5.74) is 6.62. The molecule has 0 bridgehead atoms. The second-order valence-electron chi connectivity index (χ2n) is 5.19. The van der Waals surface area contributed by atoms with Crippen molar-refractivity contribution in [2.75, 3.05) is 20.2 Å². The zero-order valence-electron chi connectivity index (χ0n) is 11.6. The van der Waals surface area contributed by atoms with Crippen molar-refractivity contribution in [3.05, 3.63) is 28.8 Å². The fraction of sp³-hybridized carbons (Fsp3) is 0.600. The Bertz CT molecular complexity index is 411. The van der Waals surface area contributed by atoms with Crippen LogP contribution in [0.3, 0.4) is 0 Å². The summed E-state index contributed by atoms with van der Waals surface area (Å²) >= 11 is 6.11. The van der Waals surface area contributed by atoms with Crippen LogP contribution >= 0.6 is 11.6 Å². The van der Waals surface area contributed by atoms with E-state index in [4.69, 9.17) is 22.1 Å². The highest BCUT2D eigenvalue weighted by Crippen LogP contribution is 2.26. The molecule has 1 aromatic carbocycles. The Morgan fingerprint density at radius 2 is 2.26 bits per heavy atom. The van der Waals surface area contributed by atoms with Crippen LogP contribution < -0.4 is 10.5 Å². The minimum atomic E-state index is 0.415. The van der Waals surface area contributed by atoms with Crippen LogP contribution in [0.1, 0.15) is 31.2 Å². The lowest BCUT2D eigenvalue weighted by atomic mass is 10.0. The lowest BCUT2D eigenvalue weighted by molar-refractivity contribution is 0.153. The fourth-order valence-electron chi connectivity index (χ4n) is 2.69. The Balaban J connectivity index is 1.87. The SMILES string of the molecule is CN1CCCCC1CCOc1cccc(Cl)c1CN. The standard InChI is InChI=1S/C15H23ClN2O/c1-18-9-3-2-5-12(18)8-10-19-15-7-4-6-14(16)13(15)11-17/h4,6-7,12H,2-3,5,8-11,17H2,1H3. The van der Waals surface area contributed by atoms with Crippen molar-refractivity contribution in [2.24, 2.45) is 5.73 Å². The molecule has 0 amide bonds. The third kappa shape index (κ3) is 3.85. The quantitative estimate of drug-likeness (QED) is 0.902. The molecule has 19 heavy (non-hydrogen) atoms. The topological polar surface area (TPSA) is 38.5 Å². The summed E-state index contributed by atoms with van der Waals surface area (Å²) in [5.74, 6) is 0.827. The maximum absolute atomic E-state index is 6.11. The Morgan fingerprint density at radius 1 is 1.42 bits per heavy atom. The molecular weight excluding hydrogens is 260 g/mol. The van der Waals surface area contributed by atoms with Gasteiger partial charge in [-0.2, -0.15) is 0 Å². The molecule has 1 heterocycles. The van der Waals surface area contributed by atoms with Gasteiger partial charge in [0.1, 0.15) is 5.75 Å². The Kier molecular flexibility index (Phi) is 5.49. The van der Waals surface area contributed by atoms with Gasteiger partial charge in [-0.15, -0.1) is 0 Å². The lowest BCUT2D eigenvalue weighted by Gasteiger charge is -2.32. The molecule has 106 valence electrons. The second kappa shape index (κ2) is 7.13. The van der Waals surface area contributed by atoms with E-state index in [1.54, 1.807) is 0 Å². The van der Waals surface area contributed by atoms with Gasteiger partial charge in [0.2, 0.25) is 0 Å². The van der Waals surface area contributed by atoms with Crippen LogP contribution in [-0.4, -0.2) is 31.1 Å². The van der Waals surface area contributed by atoms with Crippen LogP contribution in [-0.2, 0) is 6.54 Å². The van der Waals surface area contributed by atoms with Crippen molar-refractivity contribution in [2.45, 2.75) is 38.3 Å². The molecule has 2 rings (SSSR count). The van der Waals surface area contributed by atoms with Crippen LogP contribution in [0.2, 0.25) is 5.02 Å². The maximum Gasteiger partial charge on any atom is 0.125 e. The number of likely N-dealkylation sites (tertiary alicyclic amines) is 1. The van der Waals surface area contributed by atoms with Gasteiger partial charge in [-0.05, 0) is 45.0 Å². The zero-order chi connectivity index (χ0) is 13.7. The van der Waals surface area contributed by atoms with Crippen molar-refractivity contribution in [3.8, 4) is 5.75 Å². The molecule has 1 aliphatic rings. The van der Waals surface area contributed by atoms with Gasteiger partial charge in [0, 0.05) is 23.2 Å². The first kappa shape index (κ1) is 14.6.